The highest BCUT2D eigenvalue weighted by Gasteiger charge is 2.16. The summed E-state index contributed by atoms with van der Waals surface area (Å²) in [7, 11) is 0. The van der Waals surface area contributed by atoms with Crippen molar-refractivity contribution in [3.05, 3.63) is 42.2 Å². The van der Waals surface area contributed by atoms with Crippen molar-refractivity contribution in [2.45, 2.75) is 25.3 Å². The first-order valence-electron chi connectivity index (χ1n) is 6.37. The third kappa shape index (κ3) is 3.75. The average molecular weight is 248 g/mol. The largest absolute Gasteiger partial charge is 0.497 e. The van der Waals surface area contributed by atoms with Crippen molar-refractivity contribution >= 4 is 0 Å². The van der Waals surface area contributed by atoms with Crippen molar-refractivity contribution in [3.63, 3.8) is 0 Å². The van der Waals surface area contributed by atoms with Gasteiger partial charge in [0.05, 0.1) is 19.3 Å². The summed E-state index contributed by atoms with van der Waals surface area (Å²) in [6.07, 6.45) is 5.04. The molecule has 18 heavy (non-hydrogen) atoms. The highest BCUT2D eigenvalue weighted by atomic mass is 16.5. The van der Waals surface area contributed by atoms with Crippen LogP contribution in [0.5, 0.6) is 5.75 Å². The summed E-state index contributed by atoms with van der Waals surface area (Å²) >= 11 is 0. The Morgan fingerprint density at radius 3 is 2.83 bits per heavy atom. The zero-order valence-electron chi connectivity index (χ0n) is 10.5. The molecule has 0 radical (unpaired) electrons. The second-order valence-electron chi connectivity index (χ2n) is 4.27. The topological polar surface area (TPSA) is 56.5 Å². The molecule has 4 heteroatoms. The summed E-state index contributed by atoms with van der Waals surface area (Å²) in [6, 6.07) is 9.82. The summed E-state index contributed by atoms with van der Waals surface area (Å²) in [4.78, 5) is 0. The van der Waals surface area contributed by atoms with Gasteiger partial charge in [0.15, 0.2) is 0 Å². The van der Waals surface area contributed by atoms with Gasteiger partial charge in [0.2, 0.25) is 0 Å². The quantitative estimate of drug-likeness (QED) is 0.597. The van der Waals surface area contributed by atoms with Gasteiger partial charge in [0.25, 0.3) is 0 Å². The van der Waals surface area contributed by atoms with Crippen molar-refractivity contribution in [1.29, 1.82) is 0 Å². The van der Waals surface area contributed by atoms with E-state index < -0.39 is 0 Å². The molecular formula is C14H20N2O2. The van der Waals surface area contributed by atoms with E-state index in [0.717, 1.165) is 37.4 Å². The Bertz CT molecular complexity index is 379. The number of hydrazine groups is 1. The molecule has 3 N–H and O–H groups in total. The molecule has 1 atom stereocenters. The lowest BCUT2D eigenvalue weighted by Gasteiger charge is -2.23. The lowest BCUT2D eigenvalue weighted by Crippen LogP contribution is -2.39. The van der Waals surface area contributed by atoms with E-state index in [1.54, 1.807) is 0 Å². The first kappa shape index (κ1) is 12.9. The third-order valence-electron chi connectivity index (χ3n) is 2.93. The van der Waals surface area contributed by atoms with Crippen LogP contribution >= 0.6 is 0 Å². The lowest BCUT2D eigenvalue weighted by molar-refractivity contribution is 0.158. The highest BCUT2D eigenvalue weighted by molar-refractivity contribution is 5.20. The molecule has 0 saturated carbocycles. The van der Waals surface area contributed by atoms with Crippen LogP contribution in [-0.4, -0.2) is 19.3 Å². The molecule has 4 nitrogen and oxygen atoms in total. The van der Waals surface area contributed by atoms with E-state index in [1.165, 1.54) is 0 Å². The number of nitrogens with one attached hydrogen (secondary N) is 1. The standard InChI is InChI=1S/C14H20N2O2/c15-16-13(14-8-4-5-10-18-14)9-11-17-12-6-2-1-3-7-12/h1-3,6-8,13,16H,4-5,9-11,15H2. The summed E-state index contributed by atoms with van der Waals surface area (Å²) in [5.41, 5.74) is 2.78. The molecule has 98 valence electrons. The summed E-state index contributed by atoms with van der Waals surface area (Å²) < 4.78 is 11.2. The van der Waals surface area contributed by atoms with E-state index in [4.69, 9.17) is 15.3 Å². The van der Waals surface area contributed by atoms with Crippen LogP contribution in [0.4, 0.5) is 0 Å². The van der Waals surface area contributed by atoms with Crippen LogP contribution in [0.3, 0.4) is 0 Å². The minimum atomic E-state index is 0.0361. The number of hydrogen-bond acceptors (Lipinski definition) is 4. The fourth-order valence-electron chi connectivity index (χ4n) is 1.94. The van der Waals surface area contributed by atoms with Gasteiger partial charge < -0.3 is 9.47 Å². The van der Waals surface area contributed by atoms with Gasteiger partial charge in [-0.05, 0) is 31.1 Å². The van der Waals surface area contributed by atoms with Gasteiger partial charge in [-0.15, -0.1) is 0 Å². The fraction of sp³-hybridized carbons (Fsp3) is 0.429. The molecule has 1 aromatic rings. The molecule has 1 aromatic carbocycles. The van der Waals surface area contributed by atoms with Crippen LogP contribution < -0.4 is 16.0 Å². The maximum Gasteiger partial charge on any atom is 0.119 e. The van der Waals surface area contributed by atoms with E-state index in [2.05, 4.69) is 11.5 Å². The van der Waals surface area contributed by atoms with E-state index in [1.807, 2.05) is 30.3 Å². The van der Waals surface area contributed by atoms with Crippen LogP contribution in [-0.2, 0) is 4.74 Å². The fourth-order valence-corrected chi connectivity index (χ4v) is 1.94. The van der Waals surface area contributed by atoms with Gasteiger partial charge in [0.1, 0.15) is 11.5 Å². The van der Waals surface area contributed by atoms with Gasteiger partial charge in [0, 0.05) is 6.42 Å². The Morgan fingerprint density at radius 1 is 1.33 bits per heavy atom. The number of ether oxygens (including phenoxy) is 2. The second-order valence-corrected chi connectivity index (χ2v) is 4.27. The Kier molecular flexibility index (Phi) is 5.05. The first-order chi connectivity index (χ1) is 8.90. The van der Waals surface area contributed by atoms with Gasteiger partial charge in [-0.3, -0.25) is 5.84 Å². The van der Waals surface area contributed by atoms with Crippen molar-refractivity contribution in [2.75, 3.05) is 13.2 Å². The van der Waals surface area contributed by atoms with E-state index >= 15 is 0 Å². The molecule has 0 saturated heterocycles. The molecule has 1 aliphatic heterocycles. The molecule has 0 amide bonds. The van der Waals surface area contributed by atoms with E-state index in [9.17, 15) is 0 Å². The van der Waals surface area contributed by atoms with Crippen molar-refractivity contribution < 1.29 is 9.47 Å². The van der Waals surface area contributed by atoms with Crippen molar-refractivity contribution in [3.8, 4) is 5.75 Å². The van der Waals surface area contributed by atoms with E-state index in [0.29, 0.717) is 6.61 Å². The maximum atomic E-state index is 5.65. The van der Waals surface area contributed by atoms with Crippen LogP contribution in [0, 0.1) is 0 Å². The molecule has 0 fully saturated rings. The Labute approximate surface area is 108 Å². The number of nitrogens with two attached hydrogens (primary N) is 1. The third-order valence-corrected chi connectivity index (χ3v) is 2.93. The summed E-state index contributed by atoms with van der Waals surface area (Å²) in [5.74, 6) is 7.38. The highest BCUT2D eigenvalue weighted by Crippen LogP contribution is 2.16. The number of rotatable bonds is 6. The smallest absolute Gasteiger partial charge is 0.119 e. The zero-order chi connectivity index (χ0) is 12.6. The Morgan fingerprint density at radius 2 is 2.17 bits per heavy atom. The summed E-state index contributed by atoms with van der Waals surface area (Å²) in [5, 5.41) is 0. The van der Waals surface area contributed by atoms with Gasteiger partial charge in [-0.25, -0.2) is 5.43 Å². The van der Waals surface area contributed by atoms with E-state index in [-0.39, 0.29) is 6.04 Å². The van der Waals surface area contributed by atoms with Gasteiger partial charge >= 0.3 is 0 Å². The molecule has 1 aliphatic rings. The monoisotopic (exact) mass is 248 g/mol. The van der Waals surface area contributed by atoms with Crippen LogP contribution in [0.1, 0.15) is 19.3 Å². The molecule has 0 spiro atoms. The predicted molar refractivity (Wildman–Crippen MR) is 70.9 cm³/mol. The van der Waals surface area contributed by atoms with Crippen molar-refractivity contribution in [2.24, 2.45) is 5.84 Å². The number of para-hydroxylation sites is 1. The molecule has 0 bridgehead atoms. The minimum Gasteiger partial charge on any atom is -0.497 e. The molecule has 1 heterocycles. The molecule has 1 unspecified atom stereocenters. The SMILES string of the molecule is NNC(CCOc1ccccc1)C1=CCCCO1. The number of benzene rings is 1. The average Bonchev–Trinajstić information content (AvgIpc) is 2.46. The normalized spacial score (nSPS) is 16.6. The van der Waals surface area contributed by atoms with Gasteiger partial charge in [-0.2, -0.15) is 0 Å². The minimum absolute atomic E-state index is 0.0361. The maximum absolute atomic E-state index is 5.65. The summed E-state index contributed by atoms with van der Waals surface area (Å²) in [6.45, 7) is 1.39. The molecule has 2 rings (SSSR count). The molecule has 0 aliphatic carbocycles. The predicted octanol–water partition coefficient (Wildman–Crippen LogP) is 1.98. The molecular weight excluding hydrogens is 228 g/mol. The van der Waals surface area contributed by atoms with Crippen LogP contribution in [0.25, 0.3) is 0 Å². The Balaban J connectivity index is 1.79. The van der Waals surface area contributed by atoms with Gasteiger partial charge in [-0.1, -0.05) is 18.2 Å². The van der Waals surface area contributed by atoms with Crippen LogP contribution in [0.15, 0.2) is 42.2 Å². The second kappa shape index (κ2) is 7.03. The number of hydrogen-bond donors (Lipinski definition) is 2. The lowest BCUT2D eigenvalue weighted by atomic mass is 10.1. The van der Waals surface area contributed by atoms with Crippen molar-refractivity contribution in [1.82, 2.24) is 5.43 Å². The Hall–Kier alpha value is -1.52. The first-order valence-corrected chi connectivity index (χ1v) is 6.37. The zero-order valence-corrected chi connectivity index (χ0v) is 10.5. The van der Waals surface area contributed by atoms with Crippen LogP contribution in [0.2, 0.25) is 0 Å². The number of allylic oxidation sites excluding steroid dienone is 1. The molecule has 0 aromatic heterocycles.